The number of aliphatic hydroxyl groups excluding tert-OH is 1. The number of likely N-dealkylation sites (tertiary alicyclic amines) is 1. The smallest absolute Gasteiger partial charge is 0.149 e. The molecule has 8 heteroatoms. The molecule has 0 amide bonds. The van der Waals surface area contributed by atoms with Gasteiger partial charge in [-0.15, -0.1) is 11.3 Å². The second kappa shape index (κ2) is 12.1. The number of aromatic nitrogens is 2. The summed E-state index contributed by atoms with van der Waals surface area (Å²) in [5.41, 5.74) is 2.25. The minimum atomic E-state index is 0.245. The quantitative estimate of drug-likeness (QED) is 0.388. The van der Waals surface area contributed by atoms with Crippen molar-refractivity contribution in [2.24, 2.45) is 11.8 Å². The Morgan fingerprint density at radius 2 is 2.18 bits per heavy atom. The van der Waals surface area contributed by atoms with Crippen LogP contribution in [0, 0.1) is 11.8 Å². The lowest BCUT2D eigenvalue weighted by atomic mass is 9.81. The largest absolute Gasteiger partial charge is 0.497 e. The average Bonchev–Trinajstić information content (AvgIpc) is 3.38. The van der Waals surface area contributed by atoms with Gasteiger partial charge in [-0.2, -0.15) is 0 Å². The lowest BCUT2D eigenvalue weighted by Gasteiger charge is -2.38. The Kier molecular flexibility index (Phi) is 8.97. The zero-order chi connectivity index (χ0) is 23.0. The van der Waals surface area contributed by atoms with Gasteiger partial charge in [-0.1, -0.05) is 11.8 Å². The first-order chi connectivity index (χ1) is 16.2. The third-order valence-electron chi connectivity index (χ3n) is 6.79. The van der Waals surface area contributed by atoms with Gasteiger partial charge in [0, 0.05) is 54.7 Å². The molecule has 0 unspecified atom stereocenters. The van der Waals surface area contributed by atoms with Crippen LogP contribution < -0.4 is 10.1 Å². The maximum absolute atomic E-state index is 10.1. The fourth-order valence-electron chi connectivity index (χ4n) is 4.90. The van der Waals surface area contributed by atoms with Crippen molar-refractivity contribution in [3.8, 4) is 5.75 Å². The monoisotopic (exact) mass is 486 g/mol. The summed E-state index contributed by atoms with van der Waals surface area (Å²) >= 11 is 3.53. The molecule has 2 N–H and O–H groups in total. The maximum Gasteiger partial charge on any atom is 0.149 e. The number of benzene rings is 1. The van der Waals surface area contributed by atoms with E-state index in [0.717, 1.165) is 65.6 Å². The van der Waals surface area contributed by atoms with Crippen LogP contribution in [-0.4, -0.2) is 66.1 Å². The number of fused-ring (bicyclic) bond motifs is 1. The molecule has 0 radical (unpaired) electrons. The zero-order valence-electron chi connectivity index (χ0n) is 19.4. The van der Waals surface area contributed by atoms with Crippen LogP contribution in [0.4, 0.5) is 0 Å². The Balaban J connectivity index is 1.34. The minimum Gasteiger partial charge on any atom is -0.497 e. The van der Waals surface area contributed by atoms with E-state index in [1.54, 1.807) is 18.4 Å². The van der Waals surface area contributed by atoms with Gasteiger partial charge in [0.1, 0.15) is 10.1 Å². The molecule has 1 saturated heterocycles. The third kappa shape index (κ3) is 6.25. The lowest BCUT2D eigenvalue weighted by Crippen LogP contribution is -2.43. The van der Waals surface area contributed by atoms with Gasteiger partial charge in [0.25, 0.3) is 0 Å². The molecule has 3 atom stereocenters. The van der Waals surface area contributed by atoms with Crippen molar-refractivity contribution in [1.29, 1.82) is 0 Å². The number of thioether (sulfide) groups is 1. The summed E-state index contributed by atoms with van der Waals surface area (Å²) in [6.07, 6.45) is 7.05. The molecular formula is C25H34N4O2S2. The van der Waals surface area contributed by atoms with Gasteiger partial charge >= 0.3 is 0 Å². The first-order valence-corrected chi connectivity index (χ1v) is 13.5. The van der Waals surface area contributed by atoms with Crippen LogP contribution in [0.3, 0.4) is 0 Å². The predicted molar refractivity (Wildman–Crippen MR) is 137 cm³/mol. The van der Waals surface area contributed by atoms with E-state index in [1.807, 2.05) is 48.7 Å². The molecule has 0 saturated carbocycles. The van der Waals surface area contributed by atoms with E-state index in [4.69, 9.17) is 4.74 Å². The van der Waals surface area contributed by atoms with Gasteiger partial charge in [-0.3, -0.25) is 4.98 Å². The first-order valence-electron chi connectivity index (χ1n) is 11.7. The molecule has 1 aromatic carbocycles. The average molecular weight is 487 g/mol. The van der Waals surface area contributed by atoms with E-state index in [1.165, 1.54) is 5.56 Å². The molecule has 6 nitrogen and oxygen atoms in total. The van der Waals surface area contributed by atoms with Crippen LogP contribution in [0.15, 0.2) is 46.4 Å². The normalized spacial score (nSPS) is 20.2. The van der Waals surface area contributed by atoms with Crippen molar-refractivity contribution in [1.82, 2.24) is 20.2 Å². The highest BCUT2D eigenvalue weighted by molar-refractivity contribution is 8.01. The van der Waals surface area contributed by atoms with E-state index in [0.29, 0.717) is 11.8 Å². The summed E-state index contributed by atoms with van der Waals surface area (Å²) in [4.78, 5) is 11.4. The van der Waals surface area contributed by atoms with Crippen LogP contribution in [-0.2, 0) is 0 Å². The molecule has 0 bridgehead atoms. The van der Waals surface area contributed by atoms with Crippen LogP contribution in [0.25, 0.3) is 10.9 Å². The van der Waals surface area contributed by atoms with Gasteiger partial charge in [0.15, 0.2) is 0 Å². The zero-order valence-corrected chi connectivity index (χ0v) is 21.1. The molecule has 1 fully saturated rings. The van der Waals surface area contributed by atoms with E-state index in [2.05, 4.69) is 32.3 Å². The summed E-state index contributed by atoms with van der Waals surface area (Å²) in [6.45, 7) is 3.41. The Morgan fingerprint density at radius 1 is 1.27 bits per heavy atom. The minimum absolute atomic E-state index is 0.245. The standard InChI is InChI=1S/C25H34N4O2S2/c1-26-23(21-7-9-27-24-6-4-20(31-2)15-22(21)24)5-3-18-8-11-29(16-19(18)17-30)12-14-33-25-28-10-13-32-25/h4,6-7,9-10,13,15,18-19,23,26,30H,3,5,8,11-12,14,16-17H2,1-2H3/t18-,19-,23+/m1/s1. The van der Waals surface area contributed by atoms with Crippen molar-refractivity contribution in [2.75, 3.05) is 46.2 Å². The van der Waals surface area contributed by atoms with Gasteiger partial charge < -0.3 is 20.1 Å². The first kappa shape index (κ1) is 24.4. The number of aliphatic hydroxyl groups is 1. The molecule has 0 spiro atoms. The predicted octanol–water partition coefficient (Wildman–Crippen LogP) is 4.46. The molecule has 3 heterocycles. The van der Waals surface area contributed by atoms with Gasteiger partial charge in [0.05, 0.1) is 12.6 Å². The number of pyridine rings is 1. The number of hydrogen-bond acceptors (Lipinski definition) is 8. The van der Waals surface area contributed by atoms with Gasteiger partial charge in [-0.25, -0.2) is 4.98 Å². The number of rotatable bonds is 11. The number of nitrogens with zero attached hydrogens (tertiary/aromatic N) is 3. The number of thiazole rings is 1. The summed E-state index contributed by atoms with van der Waals surface area (Å²) in [6, 6.07) is 8.43. The second-order valence-corrected chi connectivity index (χ2v) is 10.9. The molecule has 4 rings (SSSR count). The fourth-order valence-corrected chi connectivity index (χ4v) is 6.61. The van der Waals surface area contributed by atoms with Gasteiger partial charge in [0.2, 0.25) is 0 Å². The van der Waals surface area contributed by atoms with Crippen LogP contribution in [0.2, 0.25) is 0 Å². The molecular weight excluding hydrogens is 452 g/mol. The van der Waals surface area contributed by atoms with Crippen molar-refractivity contribution >= 4 is 34.0 Å². The Hall–Kier alpha value is -1.71. The molecule has 3 aromatic rings. The van der Waals surface area contributed by atoms with Crippen molar-refractivity contribution in [2.45, 2.75) is 29.6 Å². The fraction of sp³-hybridized carbons (Fsp3) is 0.520. The highest BCUT2D eigenvalue weighted by Crippen LogP contribution is 2.33. The number of nitrogens with one attached hydrogen (secondary N) is 1. The summed E-state index contributed by atoms with van der Waals surface area (Å²) in [7, 11) is 3.73. The van der Waals surface area contributed by atoms with Crippen molar-refractivity contribution < 1.29 is 9.84 Å². The highest BCUT2D eigenvalue weighted by atomic mass is 32.2. The highest BCUT2D eigenvalue weighted by Gasteiger charge is 2.29. The molecule has 1 aliphatic rings. The molecule has 178 valence electrons. The van der Waals surface area contributed by atoms with Crippen molar-refractivity contribution in [3.63, 3.8) is 0 Å². The van der Waals surface area contributed by atoms with E-state index < -0.39 is 0 Å². The van der Waals surface area contributed by atoms with Crippen LogP contribution in [0.5, 0.6) is 5.75 Å². The Labute approximate surface area is 204 Å². The molecule has 1 aliphatic heterocycles. The van der Waals surface area contributed by atoms with E-state index in [-0.39, 0.29) is 12.6 Å². The summed E-state index contributed by atoms with van der Waals surface area (Å²) in [5.74, 6) is 2.80. The summed E-state index contributed by atoms with van der Waals surface area (Å²) < 4.78 is 6.59. The van der Waals surface area contributed by atoms with E-state index in [9.17, 15) is 5.11 Å². The number of ether oxygens (including phenoxy) is 1. The van der Waals surface area contributed by atoms with Crippen LogP contribution in [0.1, 0.15) is 30.9 Å². The Morgan fingerprint density at radius 3 is 2.94 bits per heavy atom. The topological polar surface area (TPSA) is 70.5 Å². The molecule has 33 heavy (non-hydrogen) atoms. The third-order valence-corrected chi connectivity index (χ3v) is 8.73. The second-order valence-electron chi connectivity index (χ2n) is 8.64. The SMILES string of the molecule is CN[C@@H](CC[C@@H]1CCN(CCSc2nccs2)C[C@@H]1CO)c1ccnc2ccc(OC)cc12. The van der Waals surface area contributed by atoms with E-state index >= 15 is 0 Å². The lowest BCUT2D eigenvalue weighted by molar-refractivity contribution is 0.0696. The Bertz CT molecular complexity index is 1000. The maximum atomic E-state index is 10.1. The van der Waals surface area contributed by atoms with Crippen molar-refractivity contribution in [3.05, 3.63) is 47.6 Å². The number of methoxy groups -OCH3 is 1. The number of hydrogen-bond donors (Lipinski definition) is 2. The molecule has 0 aliphatic carbocycles. The summed E-state index contributed by atoms with van der Waals surface area (Å²) in [5, 5.41) is 16.8. The van der Waals surface area contributed by atoms with Gasteiger partial charge in [-0.05, 0) is 74.5 Å². The number of piperidine rings is 1. The van der Waals surface area contributed by atoms with Crippen LogP contribution >= 0.6 is 23.1 Å². The molecule has 2 aromatic heterocycles.